The van der Waals surface area contributed by atoms with Gasteiger partial charge in [-0.3, -0.25) is 0 Å². The lowest BCUT2D eigenvalue weighted by atomic mass is 9.82. The number of furan rings is 1. The topological polar surface area (TPSA) is 21.3 Å². The van der Waals surface area contributed by atoms with Gasteiger partial charge in [0.25, 0.3) is 0 Å². The summed E-state index contributed by atoms with van der Waals surface area (Å²) in [6.07, 6.45) is 6.39. The highest BCUT2D eigenvalue weighted by Gasteiger charge is 2.36. The molecule has 2 aliphatic rings. The Morgan fingerprint density at radius 1 is 0.534 bits per heavy atom. The van der Waals surface area contributed by atoms with Gasteiger partial charge in [0.1, 0.15) is 11.2 Å². The molecule has 0 bridgehead atoms. The Balaban J connectivity index is 1.17. The average molecular weight is 749 g/mol. The number of nitrogens with zero attached hydrogens (tertiary/aromatic N) is 2. The van der Waals surface area contributed by atoms with Crippen molar-refractivity contribution in [1.82, 2.24) is 4.57 Å². The van der Waals surface area contributed by atoms with Gasteiger partial charge in [-0.1, -0.05) is 142 Å². The molecule has 1 fully saturated rings. The highest BCUT2D eigenvalue weighted by Crippen LogP contribution is 2.52. The molecule has 3 nitrogen and oxygen atoms in total. The van der Waals surface area contributed by atoms with E-state index < -0.39 is 0 Å². The predicted octanol–water partition coefficient (Wildman–Crippen LogP) is 15.7. The van der Waals surface area contributed by atoms with Crippen LogP contribution < -0.4 is 4.90 Å². The molecule has 0 aliphatic heterocycles. The van der Waals surface area contributed by atoms with Crippen molar-refractivity contribution in [2.24, 2.45) is 0 Å². The maximum atomic E-state index is 6.90. The van der Waals surface area contributed by atoms with Crippen LogP contribution in [0.3, 0.4) is 0 Å². The molecule has 3 heteroatoms. The van der Waals surface area contributed by atoms with Crippen LogP contribution in [0.15, 0.2) is 168 Å². The first-order chi connectivity index (χ1) is 28.5. The second-order valence-corrected chi connectivity index (χ2v) is 17.1. The standard InChI is InChI=1S/C55H44N2O/c1-55(2)47-25-13-11-20-40(47)41-30-28-37(32-48(41)55)56(38-29-31-44-42-21-12-14-26-49(42)57(50(44)33-38)36-18-7-4-8-19-36)51-34-46-53-39(35-16-5-3-6-17-35)24-15-27-52(53)58-54(46)45-23-10-9-22-43(45)51/h4,7-15,18-35H,3,5-6,16-17H2,1-2H3. The zero-order valence-corrected chi connectivity index (χ0v) is 33.0. The van der Waals surface area contributed by atoms with E-state index in [0.29, 0.717) is 5.92 Å². The van der Waals surface area contributed by atoms with Gasteiger partial charge in [-0.15, -0.1) is 0 Å². The summed E-state index contributed by atoms with van der Waals surface area (Å²) in [6, 6.07) is 60.8. The summed E-state index contributed by atoms with van der Waals surface area (Å²) in [5.41, 5.74) is 15.6. The maximum Gasteiger partial charge on any atom is 0.143 e. The second kappa shape index (κ2) is 12.7. The van der Waals surface area contributed by atoms with Gasteiger partial charge in [-0.2, -0.15) is 0 Å². The van der Waals surface area contributed by atoms with E-state index in [1.807, 2.05) is 0 Å². The number of anilines is 3. The highest BCUT2D eigenvalue weighted by atomic mass is 16.3. The molecule has 2 aliphatic carbocycles. The van der Waals surface area contributed by atoms with Crippen molar-refractivity contribution < 1.29 is 4.42 Å². The highest BCUT2D eigenvalue weighted by molar-refractivity contribution is 6.21. The van der Waals surface area contributed by atoms with Crippen LogP contribution in [0, 0.1) is 0 Å². The molecular formula is C55H44N2O. The van der Waals surface area contributed by atoms with Gasteiger partial charge < -0.3 is 13.9 Å². The van der Waals surface area contributed by atoms with E-state index in [4.69, 9.17) is 4.42 Å². The summed E-state index contributed by atoms with van der Waals surface area (Å²) < 4.78 is 9.33. The summed E-state index contributed by atoms with van der Waals surface area (Å²) in [6.45, 7) is 4.75. The Bertz CT molecular complexity index is 3250. The second-order valence-electron chi connectivity index (χ2n) is 17.1. The molecule has 10 aromatic rings. The van der Waals surface area contributed by atoms with Crippen LogP contribution in [0.4, 0.5) is 17.1 Å². The van der Waals surface area contributed by atoms with E-state index in [1.165, 1.54) is 97.9 Å². The Morgan fingerprint density at radius 2 is 1.22 bits per heavy atom. The summed E-state index contributed by atoms with van der Waals surface area (Å²) in [5, 5.41) is 7.28. The molecule has 1 saturated carbocycles. The first-order valence-electron chi connectivity index (χ1n) is 21.0. The molecule has 12 rings (SSSR count). The normalized spacial score (nSPS) is 15.1. The fourth-order valence-corrected chi connectivity index (χ4v) is 10.8. The number of para-hydroxylation sites is 2. The van der Waals surface area contributed by atoms with E-state index in [-0.39, 0.29) is 5.41 Å². The van der Waals surface area contributed by atoms with Crippen LogP contribution in [-0.4, -0.2) is 4.57 Å². The van der Waals surface area contributed by atoms with Crippen molar-refractivity contribution in [3.05, 3.63) is 180 Å². The van der Waals surface area contributed by atoms with E-state index in [1.54, 1.807) is 0 Å². The molecular weight excluding hydrogens is 705 g/mol. The van der Waals surface area contributed by atoms with Crippen molar-refractivity contribution >= 4 is 71.6 Å². The predicted molar refractivity (Wildman–Crippen MR) is 244 cm³/mol. The molecule has 0 amide bonds. The van der Waals surface area contributed by atoms with Gasteiger partial charge >= 0.3 is 0 Å². The molecule has 0 unspecified atom stereocenters. The van der Waals surface area contributed by atoms with Crippen molar-refractivity contribution in [2.45, 2.75) is 57.3 Å². The molecule has 58 heavy (non-hydrogen) atoms. The number of aromatic nitrogens is 1. The van der Waals surface area contributed by atoms with Gasteiger partial charge in [-0.25, -0.2) is 0 Å². The molecule has 0 spiro atoms. The minimum atomic E-state index is -0.140. The third-order valence-electron chi connectivity index (χ3n) is 13.6. The Kier molecular flexibility index (Phi) is 7.35. The lowest BCUT2D eigenvalue weighted by Crippen LogP contribution is -2.16. The quantitative estimate of drug-likeness (QED) is 0.175. The lowest BCUT2D eigenvalue weighted by molar-refractivity contribution is 0.445. The van der Waals surface area contributed by atoms with Crippen LogP contribution in [0.2, 0.25) is 0 Å². The van der Waals surface area contributed by atoms with E-state index >= 15 is 0 Å². The number of hydrogen-bond donors (Lipinski definition) is 0. The van der Waals surface area contributed by atoms with Crippen LogP contribution >= 0.6 is 0 Å². The van der Waals surface area contributed by atoms with Gasteiger partial charge in [0.15, 0.2) is 0 Å². The van der Waals surface area contributed by atoms with E-state index in [2.05, 4.69) is 187 Å². The van der Waals surface area contributed by atoms with Crippen LogP contribution in [0.1, 0.15) is 68.6 Å². The van der Waals surface area contributed by atoms with Crippen LogP contribution in [0.25, 0.3) is 71.3 Å². The summed E-state index contributed by atoms with van der Waals surface area (Å²) in [4.78, 5) is 2.52. The summed E-state index contributed by atoms with van der Waals surface area (Å²) >= 11 is 0. The Morgan fingerprint density at radius 3 is 2.09 bits per heavy atom. The van der Waals surface area contributed by atoms with Crippen molar-refractivity contribution in [3.8, 4) is 16.8 Å². The average Bonchev–Trinajstić information content (AvgIpc) is 3.90. The molecule has 0 saturated heterocycles. The molecule has 2 heterocycles. The summed E-state index contributed by atoms with van der Waals surface area (Å²) in [5.74, 6) is 0.548. The van der Waals surface area contributed by atoms with Gasteiger partial charge in [-0.05, 0) is 101 Å². The first kappa shape index (κ1) is 33.5. The third-order valence-corrected chi connectivity index (χ3v) is 13.6. The van der Waals surface area contributed by atoms with Crippen molar-refractivity contribution in [2.75, 3.05) is 4.90 Å². The minimum Gasteiger partial charge on any atom is -0.455 e. The third kappa shape index (κ3) is 4.86. The fraction of sp³-hybridized carbons (Fsp3) is 0.164. The van der Waals surface area contributed by atoms with Gasteiger partial charge in [0.05, 0.1) is 16.7 Å². The monoisotopic (exact) mass is 748 g/mol. The summed E-state index contributed by atoms with van der Waals surface area (Å²) in [7, 11) is 0. The molecule has 0 radical (unpaired) electrons. The number of benzene rings is 8. The minimum absolute atomic E-state index is 0.140. The maximum absolute atomic E-state index is 6.90. The van der Waals surface area contributed by atoms with Crippen LogP contribution in [-0.2, 0) is 5.41 Å². The number of fused-ring (bicyclic) bond motifs is 11. The SMILES string of the molecule is CC1(C)c2ccccc2-c2ccc(N(c3ccc4c5ccccc5n(-c5ccccc5)c4c3)c3cc4c(oc5cccc(C6CCCCC6)c54)c4ccccc34)cc21. The number of rotatable bonds is 5. The number of hydrogen-bond acceptors (Lipinski definition) is 2. The molecule has 8 aromatic carbocycles. The van der Waals surface area contributed by atoms with Crippen molar-refractivity contribution in [1.29, 1.82) is 0 Å². The molecule has 2 aromatic heterocycles. The first-order valence-corrected chi connectivity index (χ1v) is 21.0. The van der Waals surface area contributed by atoms with Gasteiger partial charge in [0, 0.05) is 54.8 Å². The van der Waals surface area contributed by atoms with E-state index in [0.717, 1.165) is 39.3 Å². The lowest BCUT2D eigenvalue weighted by Gasteiger charge is -2.29. The Hall–Kier alpha value is -6.58. The molecule has 0 N–H and O–H groups in total. The molecule has 0 atom stereocenters. The zero-order chi connectivity index (χ0) is 38.5. The Labute approximate surface area is 338 Å². The van der Waals surface area contributed by atoms with Crippen LogP contribution in [0.5, 0.6) is 0 Å². The fourth-order valence-electron chi connectivity index (χ4n) is 10.8. The largest absolute Gasteiger partial charge is 0.455 e. The van der Waals surface area contributed by atoms with E-state index in [9.17, 15) is 0 Å². The smallest absolute Gasteiger partial charge is 0.143 e. The molecule has 280 valence electrons. The zero-order valence-electron chi connectivity index (χ0n) is 33.0. The van der Waals surface area contributed by atoms with Gasteiger partial charge in [0.2, 0.25) is 0 Å². The van der Waals surface area contributed by atoms with Crippen molar-refractivity contribution in [3.63, 3.8) is 0 Å².